The number of nitrogens with one attached hydrogen (secondary N) is 3. The summed E-state index contributed by atoms with van der Waals surface area (Å²) in [6.45, 7) is 11.0. The standard InChI is InChI=1S/C20H13BrF3N3O2.C13H10BrN3O.C12H9BrClN3O2.C12H11BrClN3.C10H17BN2O2.C7H6BF3O3.C7H9N.C5HBrCl2N2O2.CH3F.CH2O2.5CH4/c21-16-11-27(14-6-8-15(9-7-14)29-20(22,23)24)19(28)17-18(16)26(12-25-17)10-13-4-2-1-3-5-13;14-10-6-15-13(18)11-12(10)17(8-16-11)7-9-4-2-1-3-5-9;13-9-7-16-12(14)11(17(18)19)10(9)15-6-8-4-2-1-3-5-8;13-9-7-17-12(14)10(15)11(9)16-6-8-4-2-1-3-5-8;1-9(2)10(3,4)15-11(14-9)8-6-12-13(5)7-8;9-7(10,11)14-6-3-1-5(2-4-6)8(12)13;8-6-7-4-2-1-3-5-7;6-2-1-9-5(8)4(3(2)7)10(11)12;1-2;2-1-3;;;;;/h1-9,11-12H,10H2;1-6,8H,7H2,(H,15,18);1-5,7H,6H2,(H,15,16);1-5,7H,6,15H2,(H,16,17);6-7H,1-5H3;1-4,12-13H;1-5H,6,8H2;1H;1H3;1H,(H,2,3);5*1H4/i;;;;;;;;1D;;;;;;. The Morgan fingerprint density at radius 1 is 0.563 bits per heavy atom. The number of alkyl halides is 7. The molecule has 1 fully saturated rings. The zero-order chi connectivity index (χ0) is 102. The lowest BCUT2D eigenvalue weighted by atomic mass is 9.80. The van der Waals surface area contributed by atoms with Crippen molar-refractivity contribution < 1.29 is 80.7 Å². The molecule has 1 saturated heterocycles. The minimum absolute atomic E-state index is 0. The van der Waals surface area contributed by atoms with Gasteiger partial charge in [0.1, 0.15) is 22.2 Å². The number of H-pyrrole nitrogens is 1. The van der Waals surface area contributed by atoms with Gasteiger partial charge in [-0.2, -0.15) is 5.10 Å². The first-order valence-electron chi connectivity index (χ1n) is 40.0. The van der Waals surface area contributed by atoms with Gasteiger partial charge >= 0.3 is 38.3 Å². The van der Waals surface area contributed by atoms with Gasteiger partial charge in [0.05, 0.1) is 87.0 Å². The number of nitro groups is 2. The maximum absolute atomic E-state index is 12.9. The van der Waals surface area contributed by atoms with E-state index >= 15 is 0 Å². The molecule has 0 amide bonds. The number of ether oxygens (including phenoxy) is 2. The van der Waals surface area contributed by atoms with E-state index in [1.54, 1.807) is 42.1 Å². The summed E-state index contributed by atoms with van der Waals surface area (Å²) in [4.78, 5) is 75.4. The third-order valence-corrected chi connectivity index (χ3v) is 23.1. The van der Waals surface area contributed by atoms with E-state index in [0.717, 1.165) is 73.1 Å². The minimum Gasteiger partial charge on any atom is -0.483 e. The van der Waals surface area contributed by atoms with Crippen molar-refractivity contribution in [2.45, 2.75) is 121 Å². The van der Waals surface area contributed by atoms with Crippen LogP contribution in [-0.4, -0.2) is 130 Å². The molecular weight excluding hydrogens is 2280 g/mol. The molecule has 10 N–H and O–H groups in total. The number of hydrogen-bond acceptors (Lipinski definition) is 23. The van der Waals surface area contributed by atoms with E-state index in [9.17, 15) is 60.6 Å². The fourth-order valence-electron chi connectivity index (χ4n) is 11.6. The first-order valence-corrected chi connectivity index (χ1v) is 44.7. The molecule has 1 aliphatic heterocycles. The molecule has 0 saturated carbocycles. The van der Waals surface area contributed by atoms with Gasteiger partial charge in [-0.25, -0.2) is 24.9 Å². The fourth-order valence-corrected chi connectivity index (χ4v) is 14.8. The van der Waals surface area contributed by atoms with Gasteiger partial charge in [0.25, 0.3) is 17.6 Å². The van der Waals surface area contributed by atoms with Crippen molar-refractivity contribution in [3.05, 3.63) is 368 Å². The van der Waals surface area contributed by atoms with E-state index in [4.69, 9.17) is 88.5 Å². The van der Waals surface area contributed by atoms with E-state index in [0.29, 0.717) is 79.4 Å². The maximum Gasteiger partial charge on any atom is 0.573 e. The number of aryl methyl sites for hydroxylation is 1. The van der Waals surface area contributed by atoms with Crippen molar-refractivity contribution in [3.8, 4) is 17.2 Å². The van der Waals surface area contributed by atoms with Crippen LogP contribution in [-0.2, 0) is 53.9 Å². The van der Waals surface area contributed by atoms with Crippen LogP contribution in [0.5, 0.6) is 11.5 Å². The van der Waals surface area contributed by atoms with Crippen LogP contribution >= 0.6 is 126 Å². The van der Waals surface area contributed by atoms with E-state index in [1.807, 2.05) is 202 Å². The minimum atomic E-state index is -4.77. The number of aromatic amines is 1. The monoisotopic (exact) mass is 2370 g/mol. The molecule has 0 unspecified atom stereocenters. The molecule has 0 atom stereocenters. The summed E-state index contributed by atoms with van der Waals surface area (Å²) in [6, 6.07) is 58.8. The molecule has 31 nitrogen and oxygen atoms in total. The van der Waals surface area contributed by atoms with Crippen LogP contribution in [0.4, 0.5) is 59.2 Å². The molecule has 0 spiro atoms. The van der Waals surface area contributed by atoms with Gasteiger partial charge in [0.2, 0.25) is 10.3 Å². The predicted molar refractivity (Wildman–Crippen MR) is 566 cm³/mol. The molecule has 8 aromatic heterocycles. The van der Waals surface area contributed by atoms with Gasteiger partial charge in [0.15, 0.2) is 16.2 Å². The largest absolute Gasteiger partial charge is 0.573 e. The number of nitrogen functional groups attached to an aromatic ring is 1. The molecule has 0 aliphatic carbocycles. The first-order chi connectivity index (χ1) is 65.3. The summed E-state index contributed by atoms with van der Waals surface area (Å²) < 4.78 is 117. The van der Waals surface area contributed by atoms with E-state index in [-0.39, 0.29) is 116 Å². The Kier molecular flexibility index (Phi) is 53.2. The van der Waals surface area contributed by atoms with Gasteiger partial charge in [-0.05, 0) is 177 Å². The highest BCUT2D eigenvalue weighted by Crippen LogP contribution is 2.40. The smallest absolute Gasteiger partial charge is 0.483 e. The summed E-state index contributed by atoms with van der Waals surface area (Å²) in [5.74, 6) is -0.761. The lowest BCUT2D eigenvalue weighted by Gasteiger charge is -2.32. The van der Waals surface area contributed by atoms with Crippen LogP contribution in [0.2, 0.25) is 20.5 Å². The van der Waals surface area contributed by atoms with Gasteiger partial charge in [-0.15, -0.1) is 26.3 Å². The van der Waals surface area contributed by atoms with Crippen molar-refractivity contribution in [3.63, 3.8) is 0 Å². The second kappa shape index (κ2) is 60.7. The molecular formula is C93H101B2Br5Cl4F7N17O14. The Labute approximate surface area is 878 Å². The highest BCUT2D eigenvalue weighted by atomic mass is 79.9. The van der Waals surface area contributed by atoms with Gasteiger partial charge in [-0.1, -0.05) is 247 Å². The van der Waals surface area contributed by atoms with Crippen molar-refractivity contribution in [1.29, 1.82) is 0 Å². The van der Waals surface area contributed by atoms with Crippen molar-refractivity contribution in [2.24, 2.45) is 12.8 Å². The Morgan fingerprint density at radius 3 is 1.34 bits per heavy atom. The molecule has 0 radical (unpaired) electrons. The third-order valence-electron chi connectivity index (χ3n) is 18.7. The number of imidazole rings is 2. The molecule has 1 aliphatic rings. The number of halogens is 16. The normalized spacial score (nSPS) is 11.5. The van der Waals surface area contributed by atoms with Crippen LogP contribution in [0.1, 0.15) is 94.0 Å². The van der Waals surface area contributed by atoms with Crippen molar-refractivity contribution >= 4 is 208 Å². The van der Waals surface area contributed by atoms with Crippen molar-refractivity contribution in [1.82, 2.24) is 53.4 Å². The maximum atomic E-state index is 12.9. The zero-order valence-corrected chi connectivity index (χ0v) is 83.1. The summed E-state index contributed by atoms with van der Waals surface area (Å²) in [5.41, 5.74) is 20.3. The summed E-state index contributed by atoms with van der Waals surface area (Å²) in [6.07, 6.45) is 5.06. The average molecular weight is 2380 g/mol. The number of hydrogen-bond donors (Lipinski definition) is 8. The predicted octanol–water partition coefficient (Wildman–Crippen LogP) is 23.8. The van der Waals surface area contributed by atoms with Gasteiger partial charge < -0.3 is 70.2 Å². The number of pyridine rings is 5. The Hall–Kier alpha value is -11.7. The number of fused-ring (bicyclic) bond motifs is 2. The summed E-state index contributed by atoms with van der Waals surface area (Å²) in [5, 5.41) is 55.8. The topological polar surface area (TPSA) is 424 Å². The van der Waals surface area contributed by atoms with Crippen LogP contribution in [0, 0.1) is 20.2 Å². The lowest BCUT2D eigenvalue weighted by molar-refractivity contribution is -0.385. The molecule has 0 bridgehead atoms. The number of rotatable bonds is 18. The highest BCUT2D eigenvalue weighted by molar-refractivity contribution is 9.11. The lowest BCUT2D eigenvalue weighted by Crippen LogP contribution is -2.41. The quantitative estimate of drug-likeness (QED) is 0.00987. The average Bonchev–Trinajstić information content (AvgIpc) is 1.61. The molecule has 16 rings (SSSR count). The number of benzene rings is 7. The number of carboxylic acid groups (broad SMARTS) is 1. The van der Waals surface area contributed by atoms with Crippen LogP contribution in [0.25, 0.3) is 27.8 Å². The fraction of sp³-hybridized carbons (Fsp3) is 0.215. The molecule has 760 valence electrons. The number of nitrogens with zero attached hydrogens (tertiary/aromatic N) is 12. The van der Waals surface area contributed by atoms with Crippen molar-refractivity contribution in [2.75, 3.05) is 23.5 Å². The Bertz CT molecular complexity index is 6570. The molecule has 49 heteroatoms. The molecule has 7 aromatic carbocycles. The number of aromatic nitrogens is 11. The Balaban J connectivity index is 0.000000556. The molecule has 15 aromatic rings. The second-order valence-corrected chi connectivity index (χ2v) is 34.4. The third kappa shape index (κ3) is 38.5. The van der Waals surface area contributed by atoms with E-state index in [1.165, 1.54) is 45.8 Å². The molecule has 142 heavy (non-hydrogen) atoms. The highest BCUT2D eigenvalue weighted by Gasteiger charge is 2.52. The number of anilines is 3. The van der Waals surface area contributed by atoms with Crippen LogP contribution in [0.15, 0.2) is 288 Å². The summed E-state index contributed by atoms with van der Waals surface area (Å²) >= 11 is 39.2. The SMILES string of the molecule is C.C.C.C.C.Cn1cc(B2OC(C)(C)C(C)(C)O2)cn1.NCc1ccccc1.Nc1c(Cl)ncc(Br)c1NCc1ccccc1.O=CO.O=[N+]([O-])c1c(Cl)ncc(Br)c1Cl.O=[N+]([O-])c1c(Cl)ncc(Br)c1NCc1ccccc1.O=c1[nH]cc(Br)c2c1ncn2Cc1ccccc1.O=c1c2ncn(Cc3ccccc3)c2c(Br)cn1-c1ccc(OC(F)(F)F)cc1.OB(O)c1ccc(OC(F)(F)F)cc1.[2H]CF. The Morgan fingerprint density at radius 2 is 0.944 bits per heavy atom. The molecule has 9 heterocycles. The van der Waals surface area contributed by atoms with E-state index < -0.39 is 42.6 Å². The van der Waals surface area contributed by atoms with Gasteiger partial charge in [0, 0.05) is 94.3 Å². The summed E-state index contributed by atoms with van der Waals surface area (Å²) in [7, 11) is -1.12. The number of carbonyl (C=O) groups is 1. The zero-order valence-electron chi connectivity index (χ0n) is 73.1. The van der Waals surface area contributed by atoms with Gasteiger partial charge in [-0.3, -0.25) is 48.3 Å². The first kappa shape index (κ1) is 124. The second-order valence-electron chi connectivity index (χ2n) is 28.6. The number of nitrogens with two attached hydrogens (primary N) is 2. The van der Waals surface area contributed by atoms with E-state index in [2.05, 4.69) is 135 Å². The van der Waals surface area contributed by atoms with Crippen LogP contribution < -0.4 is 53.6 Å². The van der Waals surface area contributed by atoms with Crippen LogP contribution in [0.3, 0.4) is 0 Å².